The van der Waals surface area contributed by atoms with Crippen molar-refractivity contribution < 1.29 is 14.3 Å². The first-order valence-corrected chi connectivity index (χ1v) is 12.4. The molecule has 1 atom stereocenters. The molecule has 0 saturated carbocycles. The number of benzene rings is 1. The molecule has 1 aromatic carbocycles. The van der Waals surface area contributed by atoms with E-state index in [1.807, 2.05) is 42.3 Å². The maximum absolute atomic E-state index is 12.3. The molecule has 4 aromatic rings. The SMILES string of the molecule is C[C@@H]1Oc2cc(N3CCCC3=O)ccc2-c2cnc(Nc3cncc(NC(=O)Nc4ccccn4)c3)cc21. The first kappa shape index (κ1) is 23.4. The predicted molar refractivity (Wildman–Crippen MR) is 145 cm³/mol. The van der Waals surface area contributed by atoms with Crippen molar-refractivity contribution in [2.75, 3.05) is 27.4 Å². The zero-order chi connectivity index (χ0) is 26.1. The van der Waals surface area contributed by atoms with Gasteiger partial charge in [0.1, 0.15) is 23.5 Å². The van der Waals surface area contributed by atoms with Crippen LogP contribution >= 0.6 is 0 Å². The molecule has 1 saturated heterocycles. The fourth-order valence-corrected chi connectivity index (χ4v) is 4.71. The van der Waals surface area contributed by atoms with Crippen molar-refractivity contribution in [1.29, 1.82) is 0 Å². The number of pyridine rings is 3. The van der Waals surface area contributed by atoms with Crippen LogP contribution in [-0.4, -0.2) is 33.4 Å². The third-order valence-corrected chi connectivity index (χ3v) is 6.49. The maximum atomic E-state index is 12.3. The topological polar surface area (TPSA) is 121 Å². The molecule has 5 heterocycles. The minimum atomic E-state index is -0.420. The second-order valence-electron chi connectivity index (χ2n) is 9.13. The summed E-state index contributed by atoms with van der Waals surface area (Å²) in [5, 5.41) is 8.68. The van der Waals surface area contributed by atoms with Crippen LogP contribution in [-0.2, 0) is 4.79 Å². The number of fused-ring (bicyclic) bond motifs is 3. The minimum Gasteiger partial charge on any atom is -0.485 e. The number of anilines is 5. The summed E-state index contributed by atoms with van der Waals surface area (Å²) in [7, 11) is 0. The van der Waals surface area contributed by atoms with E-state index in [2.05, 4.69) is 30.9 Å². The monoisotopic (exact) mass is 507 g/mol. The largest absolute Gasteiger partial charge is 0.485 e. The third kappa shape index (κ3) is 4.71. The van der Waals surface area contributed by atoms with Gasteiger partial charge in [0.15, 0.2) is 0 Å². The zero-order valence-electron chi connectivity index (χ0n) is 20.6. The van der Waals surface area contributed by atoms with Crippen molar-refractivity contribution in [2.24, 2.45) is 0 Å². The highest BCUT2D eigenvalue weighted by Gasteiger charge is 2.27. The Hall–Kier alpha value is -4.99. The Kier molecular flexibility index (Phi) is 6.04. The molecule has 1 fully saturated rings. The highest BCUT2D eigenvalue weighted by molar-refractivity contribution is 5.99. The van der Waals surface area contributed by atoms with Gasteiger partial charge in [-0.3, -0.25) is 15.1 Å². The molecule has 6 rings (SSSR count). The molecule has 3 amide bonds. The quantitative estimate of drug-likeness (QED) is 0.326. The molecule has 2 aliphatic rings. The third-order valence-electron chi connectivity index (χ3n) is 6.49. The molecule has 0 unspecified atom stereocenters. The summed E-state index contributed by atoms with van der Waals surface area (Å²) in [6.45, 7) is 2.73. The van der Waals surface area contributed by atoms with Crippen LogP contribution in [0.3, 0.4) is 0 Å². The molecule has 38 heavy (non-hydrogen) atoms. The number of nitrogens with one attached hydrogen (secondary N) is 3. The Balaban J connectivity index is 1.19. The Morgan fingerprint density at radius 1 is 0.974 bits per heavy atom. The van der Waals surface area contributed by atoms with Gasteiger partial charge < -0.3 is 20.3 Å². The van der Waals surface area contributed by atoms with E-state index in [-0.39, 0.29) is 12.0 Å². The van der Waals surface area contributed by atoms with Crippen molar-refractivity contribution >= 4 is 40.6 Å². The van der Waals surface area contributed by atoms with Crippen LogP contribution < -0.4 is 25.6 Å². The van der Waals surface area contributed by atoms with Crippen LogP contribution in [0.5, 0.6) is 5.75 Å². The highest BCUT2D eigenvalue weighted by atomic mass is 16.5. The summed E-state index contributed by atoms with van der Waals surface area (Å²) in [6.07, 6.45) is 7.90. The average molecular weight is 508 g/mol. The van der Waals surface area contributed by atoms with E-state index in [1.165, 1.54) is 0 Å². The normalized spacial score (nSPS) is 15.8. The van der Waals surface area contributed by atoms with Crippen LogP contribution in [0.15, 0.2) is 73.3 Å². The molecule has 190 valence electrons. The maximum Gasteiger partial charge on any atom is 0.324 e. The van der Waals surface area contributed by atoms with Gasteiger partial charge in [-0.15, -0.1) is 0 Å². The van der Waals surface area contributed by atoms with Crippen LogP contribution in [0.2, 0.25) is 0 Å². The number of hydrogen-bond acceptors (Lipinski definition) is 7. The number of urea groups is 1. The number of hydrogen-bond donors (Lipinski definition) is 3. The highest BCUT2D eigenvalue weighted by Crippen LogP contribution is 2.44. The fourth-order valence-electron chi connectivity index (χ4n) is 4.71. The number of rotatable bonds is 5. The van der Waals surface area contributed by atoms with Crippen molar-refractivity contribution in [1.82, 2.24) is 15.0 Å². The molecule has 2 aliphatic heterocycles. The zero-order valence-corrected chi connectivity index (χ0v) is 20.6. The summed E-state index contributed by atoms with van der Waals surface area (Å²) in [6, 6.07) is 14.5. The van der Waals surface area contributed by atoms with Gasteiger partial charge in [0.2, 0.25) is 5.91 Å². The van der Waals surface area contributed by atoms with Gasteiger partial charge >= 0.3 is 6.03 Å². The molecule has 0 bridgehead atoms. The molecule has 0 radical (unpaired) electrons. The van der Waals surface area contributed by atoms with Crippen molar-refractivity contribution in [2.45, 2.75) is 25.9 Å². The lowest BCUT2D eigenvalue weighted by molar-refractivity contribution is -0.117. The Morgan fingerprint density at radius 3 is 2.68 bits per heavy atom. The second-order valence-corrected chi connectivity index (χ2v) is 9.13. The Labute approximate surface area is 219 Å². The van der Waals surface area contributed by atoms with Crippen molar-refractivity contribution in [3.63, 3.8) is 0 Å². The van der Waals surface area contributed by atoms with Gasteiger partial charge in [-0.1, -0.05) is 6.07 Å². The van der Waals surface area contributed by atoms with Crippen molar-refractivity contribution in [3.8, 4) is 16.9 Å². The van der Waals surface area contributed by atoms with E-state index in [4.69, 9.17) is 4.74 Å². The summed E-state index contributed by atoms with van der Waals surface area (Å²) >= 11 is 0. The van der Waals surface area contributed by atoms with Gasteiger partial charge in [-0.2, -0.15) is 0 Å². The molecule has 0 spiro atoms. The van der Waals surface area contributed by atoms with E-state index in [9.17, 15) is 9.59 Å². The number of amides is 3. The van der Waals surface area contributed by atoms with Crippen LogP contribution in [0.4, 0.5) is 33.5 Å². The van der Waals surface area contributed by atoms with Crippen LogP contribution in [0, 0.1) is 0 Å². The molecule has 10 nitrogen and oxygen atoms in total. The molecule has 0 aliphatic carbocycles. The number of carbonyl (C=O) groups excluding carboxylic acids is 2. The lowest BCUT2D eigenvalue weighted by Crippen LogP contribution is -2.24. The summed E-state index contributed by atoms with van der Waals surface area (Å²) in [5.41, 5.74) is 4.97. The molecule has 3 N–H and O–H groups in total. The Bertz CT molecular complexity index is 1530. The number of nitrogens with zero attached hydrogens (tertiary/aromatic N) is 4. The van der Waals surface area contributed by atoms with E-state index >= 15 is 0 Å². The lowest BCUT2D eigenvalue weighted by atomic mass is 9.94. The molecule has 10 heteroatoms. The standard InChI is InChI=1S/C28H25N7O3/c1-17-22-13-26(32-18-11-19(15-29-14-18)33-28(37)34-25-5-2-3-9-30-25)31-16-23(22)21-8-7-20(12-24(21)38-17)35-10-4-6-27(35)36/h2-3,5,7-9,11-17H,4,6,10H2,1H3,(H,31,32)(H2,30,33,34,37)/t17-/m0/s1. The number of aromatic nitrogens is 3. The Morgan fingerprint density at radius 2 is 1.87 bits per heavy atom. The van der Waals surface area contributed by atoms with E-state index in [0.29, 0.717) is 29.4 Å². The van der Waals surface area contributed by atoms with Gasteiger partial charge in [-0.05, 0) is 49.7 Å². The lowest BCUT2D eigenvalue weighted by Gasteiger charge is -2.28. The van der Waals surface area contributed by atoms with Crippen molar-refractivity contribution in [3.05, 3.63) is 78.9 Å². The first-order chi connectivity index (χ1) is 18.5. The van der Waals surface area contributed by atoms with Gasteiger partial charge in [0, 0.05) is 53.8 Å². The van der Waals surface area contributed by atoms with E-state index < -0.39 is 6.03 Å². The smallest absolute Gasteiger partial charge is 0.324 e. The average Bonchev–Trinajstić information content (AvgIpc) is 3.35. The van der Waals surface area contributed by atoms with Gasteiger partial charge in [0.25, 0.3) is 0 Å². The van der Waals surface area contributed by atoms with Gasteiger partial charge in [0.05, 0.1) is 23.8 Å². The second kappa shape index (κ2) is 9.81. The molecular formula is C28H25N7O3. The number of carbonyl (C=O) groups is 2. The van der Waals surface area contributed by atoms with Gasteiger partial charge in [-0.25, -0.2) is 14.8 Å². The minimum absolute atomic E-state index is 0.147. The predicted octanol–water partition coefficient (Wildman–Crippen LogP) is 5.51. The number of ether oxygens (including phenoxy) is 1. The van der Waals surface area contributed by atoms with Crippen LogP contribution in [0.1, 0.15) is 31.4 Å². The van der Waals surface area contributed by atoms with E-state index in [1.54, 1.807) is 42.9 Å². The van der Waals surface area contributed by atoms with Crippen LogP contribution in [0.25, 0.3) is 11.1 Å². The summed E-state index contributed by atoms with van der Waals surface area (Å²) < 4.78 is 6.25. The summed E-state index contributed by atoms with van der Waals surface area (Å²) in [5.74, 6) is 1.97. The summed E-state index contributed by atoms with van der Waals surface area (Å²) in [4.78, 5) is 39.2. The van der Waals surface area contributed by atoms with E-state index in [0.717, 1.165) is 41.1 Å². The first-order valence-electron chi connectivity index (χ1n) is 12.4. The molecular weight excluding hydrogens is 482 g/mol. The molecule has 3 aromatic heterocycles. The fraction of sp³-hybridized carbons (Fsp3) is 0.179.